The monoisotopic (exact) mass is 584 g/mol. The van der Waals surface area contributed by atoms with Gasteiger partial charge in [-0.1, -0.05) is 12.1 Å². The van der Waals surface area contributed by atoms with E-state index in [1.807, 2.05) is 0 Å². The van der Waals surface area contributed by atoms with Gasteiger partial charge in [-0.3, -0.25) is 18.5 Å². The molecule has 0 aliphatic heterocycles. The van der Waals surface area contributed by atoms with E-state index in [-0.39, 0.29) is 40.7 Å². The third kappa shape index (κ3) is 4.78. The van der Waals surface area contributed by atoms with Gasteiger partial charge in [-0.25, -0.2) is 19.0 Å². The number of carboxylic acid groups (broad SMARTS) is 1. The molecule has 216 valence electrons. The van der Waals surface area contributed by atoms with Gasteiger partial charge in [0.05, 0.1) is 34.5 Å². The molecule has 0 radical (unpaired) electrons. The minimum absolute atomic E-state index is 0.0237. The van der Waals surface area contributed by atoms with Crippen molar-refractivity contribution >= 4 is 17.2 Å². The van der Waals surface area contributed by atoms with Gasteiger partial charge in [0.15, 0.2) is 0 Å². The molecule has 16 heteroatoms. The van der Waals surface area contributed by atoms with Crippen LogP contribution in [0, 0.1) is 0 Å². The number of fused-ring (bicyclic) bond motifs is 2. The maximum atomic E-state index is 13.7. The largest absolute Gasteiger partial charge is 0.511 e. The van der Waals surface area contributed by atoms with E-state index in [1.54, 1.807) is 0 Å². The Kier molecular flexibility index (Phi) is 6.38. The maximum Gasteiger partial charge on any atom is 0.511 e. The number of alkyl halides is 6. The number of imidazole rings is 1. The van der Waals surface area contributed by atoms with Crippen molar-refractivity contribution in [3.05, 3.63) is 90.6 Å². The van der Waals surface area contributed by atoms with E-state index in [2.05, 4.69) is 4.74 Å². The van der Waals surface area contributed by atoms with Crippen LogP contribution < -0.4 is 21.7 Å². The first-order chi connectivity index (χ1) is 19.1. The lowest BCUT2D eigenvalue weighted by atomic mass is 10.0. The molecule has 5 rings (SSSR count). The van der Waals surface area contributed by atoms with Crippen LogP contribution in [-0.4, -0.2) is 35.7 Å². The summed E-state index contributed by atoms with van der Waals surface area (Å²) in [6.45, 7) is -1.64. The minimum atomic E-state index is -4.77. The van der Waals surface area contributed by atoms with Gasteiger partial charge in [0.2, 0.25) is 5.75 Å². The summed E-state index contributed by atoms with van der Waals surface area (Å²) in [6.07, 6.45) is -11.0. The summed E-state index contributed by atoms with van der Waals surface area (Å²) in [5.74, 6) is -0.877. The predicted molar refractivity (Wildman–Crippen MR) is 130 cm³/mol. The lowest BCUT2D eigenvalue weighted by molar-refractivity contribution is -0.140. The summed E-state index contributed by atoms with van der Waals surface area (Å²) in [6, 6.07) is 5.61. The number of carbonyl (C=O) groups is 1. The number of benzene rings is 2. The Balaban J connectivity index is 1.76. The molecule has 10 nitrogen and oxygen atoms in total. The van der Waals surface area contributed by atoms with Crippen LogP contribution in [0.3, 0.4) is 0 Å². The molecule has 0 spiro atoms. The quantitative estimate of drug-likeness (QED) is 0.288. The summed E-state index contributed by atoms with van der Waals surface area (Å²) in [7, 11) is 1.25. The molecule has 2 aromatic carbocycles. The number of hydrogen-bond acceptors (Lipinski definition) is 5. The Bertz CT molecular complexity index is 1900. The van der Waals surface area contributed by atoms with Gasteiger partial charge in [0, 0.05) is 7.05 Å². The van der Waals surface area contributed by atoms with Gasteiger partial charge in [0.25, 0.3) is 5.56 Å². The van der Waals surface area contributed by atoms with Crippen LogP contribution in [0.1, 0.15) is 29.2 Å². The first-order valence-electron chi connectivity index (χ1n) is 11.8. The highest BCUT2D eigenvalue weighted by atomic mass is 19.4. The van der Waals surface area contributed by atoms with E-state index in [9.17, 15) is 45.5 Å². The number of aryl methyl sites for hydroxylation is 1. The van der Waals surface area contributed by atoms with E-state index in [0.29, 0.717) is 15.3 Å². The van der Waals surface area contributed by atoms with Crippen LogP contribution in [0.5, 0.6) is 5.75 Å². The van der Waals surface area contributed by atoms with Crippen molar-refractivity contribution in [2.24, 2.45) is 7.05 Å². The normalized spacial score (nSPS) is 15.3. The zero-order valence-electron chi connectivity index (χ0n) is 20.8. The average molecular weight is 584 g/mol. The highest BCUT2D eigenvalue weighted by molar-refractivity contribution is 5.78. The van der Waals surface area contributed by atoms with Gasteiger partial charge in [-0.2, -0.15) is 26.3 Å². The van der Waals surface area contributed by atoms with E-state index in [4.69, 9.17) is 5.11 Å². The fourth-order valence-corrected chi connectivity index (χ4v) is 5.22. The molecule has 41 heavy (non-hydrogen) atoms. The second-order valence-corrected chi connectivity index (χ2v) is 9.33. The Morgan fingerprint density at radius 1 is 1.02 bits per heavy atom. The van der Waals surface area contributed by atoms with Crippen molar-refractivity contribution in [2.45, 2.75) is 37.8 Å². The Labute approximate surface area is 223 Å². The fraction of sp³-hybridized carbons (Fsp3) is 0.280. The van der Waals surface area contributed by atoms with Gasteiger partial charge in [-0.15, -0.1) is 0 Å². The van der Waals surface area contributed by atoms with Crippen molar-refractivity contribution in [3.63, 3.8) is 0 Å². The molecule has 1 aliphatic carbocycles. The van der Waals surface area contributed by atoms with Gasteiger partial charge in [-0.05, 0) is 48.2 Å². The van der Waals surface area contributed by atoms with Gasteiger partial charge >= 0.3 is 29.9 Å². The van der Waals surface area contributed by atoms with Crippen LogP contribution in [0.25, 0.3) is 16.7 Å². The zero-order valence-corrected chi connectivity index (χ0v) is 20.8. The number of halogens is 6. The number of aromatic nitrogens is 4. The Morgan fingerprint density at radius 2 is 1.73 bits per heavy atom. The van der Waals surface area contributed by atoms with E-state index in [1.165, 1.54) is 25.2 Å². The van der Waals surface area contributed by atoms with Gasteiger partial charge in [0.1, 0.15) is 6.54 Å². The summed E-state index contributed by atoms with van der Waals surface area (Å²) in [5, 5.41) is 9.15. The van der Waals surface area contributed by atoms with E-state index < -0.39 is 59.3 Å². The molecule has 2 heterocycles. The topological polar surface area (TPSA) is 117 Å². The van der Waals surface area contributed by atoms with Gasteiger partial charge < -0.3 is 9.84 Å². The number of nitrogens with zero attached hydrogens (tertiary/aromatic N) is 4. The second kappa shape index (κ2) is 9.42. The molecule has 4 aromatic rings. The Hall–Kier alpha value is -4.76. The number of hydrogen-bond donors (Lipinski definition) is 1. The lowest BCUT2D eigenvalue weighted by Gasteiger charge is -2.19. The second-order valence-electron chi connectivity index (χ2n) is 9.33. The molecule has 0 bridgehead atoms. The highest BCUT2D eigenvalue weighted by Crippen LogP contribution is 2.41. The van der Waals surface area contributed by atoms with E-state index >= 15 is 0 Å². The summed E-state index contributed by atoms with van der Waals surface area (Å²) < 4.78 is 87.7. The molecular formula is C25H18F6N4O6. The van der Waals surface area contributed by atoms with Crippen molar-refractivity contribution in [3.8, 4) is 11.4 Å². The lowest BCUT2D eigenvalue weighted by Crippen LogP contribution is -2.42. The molecule has 2 aromatic heterocycles. The predicted octanol–water partition coefficient (Wildman–Crippen LogP) is 3.83. The van der Waals surface area contributed by atoms with Crippen LogP contribution in [0.15, 0.2) is 57.0 Å². The Morgan fingerprint density at radius 3 is 2.37 bits per heavy atom. The van der Waals surface area contributed by atoms with Crippen molar-refractivity contribution in [1.82, 2.24) is 18.3 Å². The van der Waals surface area contributed by atoms with Crippen LogP contribution >= 0.6 is 0 Å². The molecule has 0 saturated carbocycles. The zero-order chi connectivity index (χ0) is 30.0. The third-order valence-electron chi connectivity index (χ3n) is 6.89. The average Bonchev–Trinajstić information content (AvgIpc) is 3.39. The first-order valence-corrected chi connectivity index (χ1v) is 11.8. The summed E-state index contributed by atoms with van der Waals surface area (Å²) in [4.78, 5) is 50.7. The molecule has 0 amide bonds. The third-order valence-corrected chi connectivity index (χ3v) is 6.89. The van der Waals surface area contributed by atoms with Crippen LogP contribution in [0.2, 0.25) is 0 Å². The first kappa shape index (κ1) is 27.8. The number of ether oxygens (including phenoxy) is 1. The summed E-state index contributed by atoms with van der Waals surface area (Å²) in [5.41, 5.74) is -4.72. The van der Waals surface area contributed by atoms with Crippen molar-refractivity contribution < 1.29 is 41.0 Å². The molecule has 1 atom stereocenters. The molecule has 1 N–H and O–H groups in total. The molecule has 1 aliphatic rings. The van der Waals surface area contributed by atoms with Crippen LogP contribution in [0.4, 0.5) is 31.1 Å². The minimum Gasteiger partial charge on any atom is -0.449 e. The van der Waals surface area contributed by atoms with Crippen molar-refractivity contribution in [2.75, 3.05) is 0 Å². The maximum absolute atomic E-state index is 13.7. The number of rotatable bonds is 4. The highest BCUT2D eigenvalue weighted by Gasteiger charge is 2.39. The SMILES string of the molecule is Cn1c(=O)n(CC(F)(F)F)c2cc(-n3cc(OC(=O)O)c(=O)n([C@@H]4CCc5c4cccc5C(F)(F)F)c3=O)ccc21. The smallest absolute Gasteiger partial charge is 0.449 e. The standard InChI is InChI=1S/C25H18F6N4O6/c1-32-17-7-5-12(9-18(17)34(21(32)37)11-24(26,27)28)33-10-19(41-23(39)40)20(36)35(22(33)38)16-8-6-13-14(16)3-2-4-15(13)25(29,30)31/h2-5,7,9-10,16H,6,8,11H2,1H3,(H,39,40)/t16-/m1/s1. The molecule has 0 unspecified atom stereocenters. The molecular weight excluding hydrogens is 566 g/mol. The summed E-state index contributed by atoms with van der Waals surface area (Å²) >= 11 is 0. The van der Waals surface area contributed by atoms with E-state index in [0.717, 1.165) is 27.3 Å². The van der Waals surface area contributed by atoms with Crippen molar-refractivity contribution in [1.29, 1.82) is 0 Å². The fourth-order valence-electron chi connectivity index (χ4n) is 5.22. The van der Waals surface area contributed by atoms with Crippen LogP contribution in [-0.2, 0) is 26.2 Å². The molecule has 0 fully saturated rings. The molecule has 0 saturated heterocycles.